The van der Waals surface area contributed by atoms with Gasteiger partial charge in [0.25, 0.3) is 0 Å². The molecule has 1 aromatic rings. The lowest BCUT2D eigenvalue weighted by molar-refractivity contribution is -0.0868. The number of aliphatic hydroxyl groups excluding tert-OH is 1. The predicted octanol–water partition coefficient (Wildman–Crippen LogP) is 5.26. The molecule has 1 N–H and O–H groups in total. The van der Waals surface area contributed by atoms with E-state index in [1.165, 1.54) is 25.7 Å². The molecule has 8 atom stereocenters. The maximum absolute atomic E-state index is 12.6. The average molecular weight is 482 g/mol. The second-order valence-corrected chi connectivity index (χ2v) is 12.5. The Morgan fingerprint density at radius 3 is 2.74 bits per heavy atom. The first-order valence-electron chi connectivity index (χ1n) is 13.7. The molecule has 6 heteroatoms. The number of amides is 1. The van der Waals surface area contributed by atoms with Crippen molar-refractivity contribution in [3.8, 4) is 0 Å². The van der Waals surface area contributed by atoms with E-state index in [0.717, 1.165) is 31.2 Å². The van der Waals surface area contributed by atoms with Crippen molar-refractivity contribution < 1.29 is 19.1 Å². The molecular weight excluding hydrogens is 442 g/mol. The SMILES string of the molecule is C[C@]12CC[C@H](OC(=O)N3CCC(O)C3)C[C@H]1CC[C@H]1C3=CC[C@H](c4ccc(=O)oc4)[C@@]3(C)CC[C@@H]12. The topological polar surface area (TPSA) is 80.0 Å². The lowest BCUT2D eigenvalue weighted by Crippen LogP contribution is -2.52. The molecule has 2 heterocycles. The molecule has 1 aromatic heterocycles. The van der Waals surface area contributed by atoms with Gasteiger partial charge in [-0.2, -0.15) is 0 Å². The standard InChI is InChI=1S/C29H39NO5/c1-28-12-9-21(35-27(33)30-14-11-20(31)16-30)15-19(28)4-5-22-24-7-6-23(18-3-8-26(32)34-17-18)29(24,2)13-10-25(22)28/h3,7-8,17,19-23,25,31H,4-6,9-16H2,1-2H3/t19-,20?,21+,22+,23-,25+,28+,29-/m1/s1. The van der Waals surface area contributed by atoms with E-state index in [1.807, 2.05) is 6.07 Å². The van der Waals surface area contributed by atoms with Crippen molar-refractivity contribution in [1.82, 2.24) is 4.90 Å². The quantitative estimate of drug-likeness (QED) is 0.583. The van der Waals surface area contributed by atoms with Crippen LogP contribution in [-0.4, -0.2) is 41.4 Å². The van der Waals surface area contributed by atoms with E-state index in [-0.39, 0.29) is 23.2 Å². The number of nitrogens with zero attached hydrogens (tertiary/aromatic N) is 1. The average Bonchev–Trinajstić information content (AvgIpc) is 3.43. The van der Waals surface area contributed by atoms with Gasteiger partial charge in [-0.25, -0.2) is 9.59 Å². The minimum Gasteiger partial charge on any atom is -0.446 e. The van der Waals surface area contributed by atoms with Gasteiger partial charge in [-0.05, 0) is 104 Å². The van der Waals surface area contributed by atoms with Crippen LogP contribution in [0.4, 0.5) is 4.79 Å². The highest BCUT2D eigenvalue weighted by molar-refractivity contribution is 5.68. The molecule has 0 bridgehead atoms. The molecule has 35 heavy (non-hydrogen) atoms. The Morgan fingerprint density at radius 1 is 1.14 bits per heavy atom. The summed E-state index contributed by atoms with van der Waals surface area (Å²) in [6, 6.07) is 3.53. The Morgan fingerprint density at radius 2 is 2.00 bits per heavy atom. The number of hydrogen-bond donors (Lipinski definition) is 1. The Hall–Kier alpha value is -2.08. The third-order valence-electron chi connectivity index (χ3n) is 10.8. The van der Waals surface area contributed by atoms with Crippen molar-refractivity contribution in [3.05, 3.63) is 46.0 Å². The Kier molecular flexibility index (Phi) is 5.66. The maximum atomic E-state index is 12.6. The van der Waals surface area contributed by atoms with Crippen molar-refractivity contribution in [2.75, 3.05) is 13.1 Å². The van der Waals surface area contributed by atoms with Gasteiger partial charge in [0.05, 0.1) is 12.4 Å². The number of aliphatic hydroxyl groups is 1. The number of β-amino-alcohol motifs (C(OH)–C–C–N with tert-alkyl or cyclic N) is 1. The zero-order valence-electron chi connectivity index (χ0n) is 21.1. The highest BCUT2D eigenvalue weighted by Crippen LogP contribution is 2.67. The summed E-state index contributed by atoms with van der Waals surface area (Å²) in [6.07, 6.45) is 13.1. The zero-order chi connectivity index (χ0) is 24.4. The molecule has 190 valence electrons. The number of allylic oxidation sites excluding steroid dienone is 2. The molecule has 6 nitrogen and oxygen atoms in total. The van der Waals surface area contributed by atoms with Crippen LogP contribution in [0.15, 0.2) is 39.3 Å². The second-order valence-electron chi connectivity index (χ2n) is 12.5. The lowest BCUT2D eigenvalue weighted by Gasteiger charge is -2.59. The third-order valence-corrected chi connectivity index (χ3v) is 10.8. The summed E-state index contributed by atoms with van der Waals surface area (Å²) in [5.41, 5.74) is 2.99. The smallest absolute Gasteiger partial charge is 0.410 e. The van der Waals surface area contributed by atoms with E-state index in [1.54, 1.807) is 22.8 Å². The molecular formula is C29H39NO5. The summed E-state index contributed by atoms with van der Waals surface area (Å²) < 4.78 is 11.2. The monoisotopic (exact) mass is 481 g/mol. The first-order chi connectivity index (χ1) is 16.8. The molecule has 4 fully saturated rings. The van der Waals surface area contributed by atoms with Gasteiger partial charge in [-0.1, -0.05) is 25.5 Å². The van der Waals surface area contributed by atoms with Crippen LogP contribution in [0.3, 0.4) is 0 Å². The second kappa shape index (κ2) is 8.50. The third kappa shape index (κ3) is 3.78. The molecule has 0 spiro atoms. The maximum Gasteiger partial charge on any atom is 0.410 e. The fourth-order valence-electron chi connectivity index (χ4n) is 8.85. The van der Waals surface area contributed by atoms with Gasteiger partial charge < -0.3 is 19.2 Å². The molecule has 1 unspecified atom stereocenters. The van der Waals surface area contributed by atoms with E-state index >= 15 is 0 Å². The fraction of sp³-hybridized carbons (Fsp3) is 0.724. The van der Waals surface area contributed by atoms with Crippen LogP contribution in [0.2, 0.25) is 0 Å². The molecule has 1 amide bonds. The van der Waals surface area contributed by atoms with Gasteiger partial charge in [0, 0.05) is 19.2 Å². The van der Waals surface area contributed by atoms with E-state index in [2.05, 4.69) is 19.9 Å². The van der Waals surface area contributed by atoms with Crippen LogP contribution in [0.5, 0.6) is 0 Å². The molecule has 3 saturated carbocycles. The predicted molar refractivity (Wildman–Crippen MR) is 132 cm³/mol. The Labute approximate surface area is 207 Å². The summed E-state index contributed by atoms with van der Waals surface area (Å²) in [7, 11) is 0. The van der Waals surface area contributed by atoms with Crippen LogP contribution in [0.1, 0.15) is 83.1 Å². The van der Waals surface area contributed by atoms with Gasteiger partial charge in [-0.3, -0.25) is 0 Å². The van der Waals surface area contributed by atoms with Gasteiger partial charge >= 0.3 is 11.7 Å². The Balaban J connectivity index is 1.15. The lowest BCUT2D eigenvalue weighted by atomic mass is 9.46. The molecule has 5 aliphatic rings. The molecule has 1 saturated heterocycles. The van der Waals surface area contributed by atoms with Crippen molar-refractivity contribution in [2.45, 2.75) is 89.8 Å². The van der Waals surface area contributed by atoms with E-state index in [4.69, 9.17) is 9.15 Å². The van der Waals surface area contributed by atoms with Crippen LogP contribution < -0.4 is 5.63 Å². The number of rotatable bonds is 2. The number of hydrogen-bond acceptors (Lipinski definition) is 5. The van der Waals surface area contributed by atoms with Crippen molar-refractivity contribution in [1.29, 1.82) is 0 Å². The van der Waals surface area contributed by atoms with Crippen LogP contribution >= 0.6 is 0 Å². The van der Waals surface area contributed by atoms with Gasteiger partial charge in [0.15, 0.2) is 0 Å². The minimum atomic E-state index is -0.408. The highest BCUT2D eigenvalue weighted by atomic mass is 16.6. The van der Waals surface area contributed by atoms with Crippen molar-refractivity contribution >= 4 is 6.09 Å². The number of fused-ring (bicyclic) bond motifs is 5. The normalized spacial score (nSPS) is 42.6. The Bertz CT molecular complexity index is 1060. The van der Waals surface area contributed by atoms with E-state index in [0.29, 0.717) is 48.6 Å². The number of ether oxygens (including phenoxy) is 1. The van der Waals surface area contributed by atoms with E-state index < -0.39 is 6.10 Å². The van der Waals surface area contributed by atoms with Gasteiger partial charge in [-0.15, -0.1) is 0 Å². The first kappa shape index (κ1) is 23.3. The highest BCUT2D eigenvalue weighted by Gasteiger charge is 2.58. The first-order valence-corrected chi connectivity index (χ1v) is 13.7. The molecule has 0 aromatic carbocycles. The molecule has 6 rings (SSSR count). The molecule has 1 aliphatic heterocycles. The summed E-state index contributed by atoms with van der Waals surface area (Å²) >= 11 is 0. The molecule has 4 aliphatic carbocycles. The molecule has 0 radical (unpaired) electrons. The minimum absolute atomic E-state index is 0.00605. The van der Waals surface area contributed by atoms with Gasteiger partial charge in [0.2, 0.25) is 0 Å². The van der Waals surface area contributed by atoms with Crippen LogP contribution in [0, 0.1) is 28.6 Å². The summed E-state index contributed by atoms with van der Waals surface area (Å²) in [4.78, 5) is 25.8. The number of carbonyl (C=O) groups is 1. The van der Waals surface area contributed by atoms with Crippen molar-refractivity contribution in [3.63, 3.8) is 0 Å². The van der Waals surface area contributed by atoms with Crippen molar-refractivity contribution in [2.24, 2.45) is 28.6 Å². The van der Waals surface area contributed by atoms with Crippen LogP contribution in [-0.2, 0) is 4.74 Å². The summed E-state index contributed by atoms with van der Waals surface area (Å²) in [5.74, 6) is 2.33. The van der Waals surface area contributed by atoms with E-state index in [9.17, 15) is 14.7 Å². The van der Waals surface area contributed by atoms with Gasteiger partial charge in [0.1, 0.15) is 6.10 Å². The fourth-order valence-corrected chi connectivity index (χ4v) is 8.85. The zero-order valence-corrected chi connectivity index (χ0v) is 21.1. The number of likely N-dealkylation sites (tertiary alicyclic amines) is 1. The van der Waals surface area contributed by atoms with Crippen LogP contribution in [0.25, 0.3) is 0 Å². The number of carbonyl (C=O) groups excluding carboxylic acids is 1. The largest absolute Gasteiger partial charge is 0.446 e. The summed E-state index contributed by atoms with van der Waals surface area (Å²) in [5, 5.41) is 9.76. The summed E-state index contributed by atoms with van der Waals surface area (Å²) in [6.45, 7) is 5.96.